The largest absolute Gasteiger partial charge is 0.391 e. The number of urea groups is 1. The first-order chi connectivity index (χ1) is 9.90. The van der Waals surface area contributed by atoms with Crippen molar-refractivity contribution >= 4 is 6.03 Å². The SMILES string of the molecule is CC(NC(=O)N1CCC(C)C(O)C1)c1cccc(F)c1F. The van der Waals surface area contributed by atoms with Gasteiger partial charge in [-0.15, -0.1) is 0 Å². The minimum Gasteiger partial charge on any atom is -0.391 e. The van der Waals surface area contributed by atoms with Gasteiger partial charge in [0.25, 0.3) is 0 Å². The van der Waals surface area contributed by atoms with E-state index in [2.05, 4.69) is 5.32 Å². The van der Waals surface area contributed by atoms with E-state index in [9.17, 15) is 18.7 Å². The highest BCUT2D eigenvalue weighted by Crippen LogP contribution is 2.21. The first-order valence-electron chi connectivity index (χ1n) is 7.07. The molecule has 3 atom stereocenters. The van der Waals surface area contributed by atoms with Gasteiger partial charge in [0.15, 0.2) is 11.6 Å². The maximum absolute atomic E-state index is 13.7. The maximum atomic E-state index is 13.7. The fourth-order valence-electron chi connectivity index (χ4n) is 2.44. The van der Waals surface area contributed by atoms with Crippen LogP contribution in [0.25, 0.3) is 0 Å². The maximum Gasteiger partial charge on any atom is 0.317 e. The van der Waals surface area contributed by atoms with Gasteiger partial charge in [-0.05, 0) is 25.3 Å². The molecule has 0 radical (unpaired) electrons. The third-order valence-electron chi connectivity index (χ3n) is 3.99. The number of aliphatic hydroxyl groups is 1. The van der Waals surface area contributed by atoms with Crippen LogP contribution >= 0.6 is 0 Å². The van der Waals surface area contributed by atoms with Crippen molar-refractivity contribution in [2.75, 3.05) is 13.1 Å². The van der Waals surface area contributed by atoms with E-state index in [0.717, 1.165) is 12.5 Å². The molecular weight excluding hydrogens is 278 g/mol. The van der Waals surface area contributed by atoms with Crippen molar-refractivity contribution in [3.05, 3.63) is 35.4 Å². The summed E-state index contributed by atoms with van der Waals surface area (Å²) in [6, 6.07) is 2.86. The lowest BCUT2D eigenvalue weighted by Crippen LogP contribution is -2.50. The van der Waals surface area contributed by atoms with Crippen LogP contribution < -0.4 is 5.32 Å². The topological polar surface area (TPSA) is 52.6 Å². The Morgan fingerprint density at radius 3 is 2.86 bits per heavy atom. The van der Waals surface area contributed by atoms with Gasteiger partial charge >= 0.3 is 6.03 Å². The Balaban J connectivity index is 2.01. The third-order valence-corrected chi connectivity index (χ3v) is 3.99. The van der Waals surface area contributed by atoms with Crippen LogP contribution in [0.4, 0.5) is 13.6 Å². The van der Waals surface area contributed by atoms with Crippen molar-refractivity contribution < 1.29 is 18.7 Å². The average Bonchev–Trinajstić information content (AvgIpc) is 2.44. The zero-order valence-electron chi connectivity index (χ0n) is 12.1. The summed E-state index contributed by atoms with van der Waals surface area (Å²) in [5, 5.41) is 12.4. The second kappa shape index (κ2) is 6.39. The Bertz CT molecular complexity index is 524. The number of hydrogen-bond donors (Lipinski definition) is 2. The molecule has 2 rings (SSSR count). The van der Waals surface area contributed by atoms with Gasteiger partial charge in [-0.2, -0.15) is 0 Å². The van der Waals surface area contributed by atoms with E-state index in [4.69, 9.17) is 0 Å². The molecule has 1 saturated heterocycles. The summed E-state index contributed by atoms with van der Waals surface area (Å²) in [7, 11) is 0. The lowest BCUT2D eigenvalue weighted by Gasteiger charge is -2.35. The lowest BCUT2D eigenvalue weighted by molar-refractivity contribution is 0.0430. The van der Waals surface area contributed by atoms with E-state index >= 15 is 0 Å². The van der Waals surface area contributed by atoms with Crippen LogP contribution in [0.3, 0.4) is 0 Å². The van der Waals surface area contributed by atoms with E-state index in [1.54, 1.807) is 6.92 Å². The van der Waals surface area contributed by atoms with Crippen molar-refractivity contribution in [1.29, 1.82) is 0 Å². The molecule has 0 spiro atoms. The fourth-order valence-corrected chi connectivity index (χ4v) is 2.44. The molecule has 21 heavy (non-hydrogen) atoms. The van der Waals surface area contributed by atoms with Gasteiger partial charge in [0.2, 0.25) is 0 Å². The highest BCUT2D eigenvalue weighted by molar-refractivity contribution is 5.74. The Labute approximate surface area is 122 Å². The van der Waals surface area contributed by atoms with E-state index in [1.165, 1.54) is 17.0 Å². The number of benzene rings is 1. The molecule has 1 heterocycles. The van der Waals surface area contributed by atoms with E-state index in [0.29, 0.717) is 6.54 Å². The number of hydrogen-bond acceptors (Lipinski definition) is 2. The van der Waals surface area contributed by atoms with E-state index < -0.39 is 23.8 Å². The van der Waals surface area contributed by atoms with Crippen LogP contribution in [-0.2, 0) is 0 Å². The molecule has 1 fully saturated rings. The number of nitrogens with one attached hydrogen (secondary N) is 1. The van der Waals surface area contributed by atoms with Crippen molar-refractivity contribution in [2.45, 2.75) is 32.4 Å². The van der Waals surface area contributed by atoms with Gasteiger partial charge in [0.1, 0.15) is 0 Å². The monoisotopic (exact) mass is 298 g/mol. The number of halogens is 2. The highest BCUT2D eigenvalue weighted by atomic mass is 19.2. The Morgan fingerprint density at radius 1 is 1.48 bits per heavy atom. The Hall–Kier alpha value is -1.69. The molecule has 1 aromatic rings. The van der Waals surface area contributed by atoms with Crippen LogP contribution in [0.2, 0.25) is 0 Å². The molecule has 2 amide bonds. The number of β-amino-alcohol motifs (C(OH)–C–C–N with tert-alkyl or cyclic N) is 1. The highest BCUT2D eigenvalue weighted by Gasteiger charge is 2.28. The van der Waals surface area contributed by atoms with E-state index in [-0.39, 0.29) is 24.1 Å². The molecule has 116 valence electrons. The minimum absolute atomic E-state index is 0.106. The molecular formula is C15H20F2N2O2. The number of amides is 2. The van der Waals surface area contributed by atoms with Crippen molar-refractivity contribution in [1.82, 2.24) is 10.2 Å². The van der Waals surface area contributed by atoms with Gasteiger partial charge in [-0.1, -0.05) is 19.1 Å². The first kappa shape index (κ1) is 15.7. The predicted molar refractivity (Wildman–Crippen MR) is 74.7 cm³/mol. The summed E-state index contributed by atoms with van der Waals surface area (Å²) < 4.78 is 26.9. The van der Waals surface area contributed by atoms with Crippen LogP contribution in [0.5, 0.6) is 0 Å². The molecule has 3 unspecified atom stereocenters. The van der Waals surface area contributed by atoms with Gasteiger partial charge in [0, 0.05) is 18.7 Å². The molecule has 1 aromatic carbocycles. The second-order valence-electron chi connectivity index (χ2n) is 5.59. The molecule has 1 aliphatic heterocycles. The standard InChI is InChI=1S/C15H20F2N2O2/c1-9-6-7-19(8-13(9)20)15(21)18-10(2)11-4-3-5-12(16)14(11)17/h3-5,9-10,13,20H,6-8H2,1-2H3,(H,18,21). The Kier molecular flexibility index (Phi) is 4.77. The quantitative estimate of drug-likeness (QED) is 0.881. The number of carbonyl (C=O) groups excluding carboxylic acids is 1. The normalized spacial score (nSPS) is 23.8. The molecule has 2 N–H and O–H groups in total. The number of aliphatic hydroxyl groups excluding tert-OH is 1. The van der Waals surface area contributed by atoms with Crippen LogP contribution in [-0.4, -0.2) is 35.2 Å². The first-order valence-corrected chi connectivity index (χ1v) is 7.07. The van der Waals surface area contributed by atoms with Crippen LogP contribution in [0.15, 0.2) is 18.2 Å². The van der Waals surface area contributed by atoms with Gasteiger partial charge in [-0.25, -0.2) is 13.6 Å². The van der Waals surface area contributed by atoms with Gasteiger partial charge in [-0.3, -0.25) is 0 Å². The van der Waals surface area contributed by atoms with Crippen molar-refractivity contribution in [3.8, 4) is 0 Å². The molecule has 1 aliphatic rings. The number of piperidine rings is 1. The smallest absolute Gasteiger partial charge is 0.317 e. The van der Waals surface area contributed by atoms with Crippen LogP contribution in [0.1, 0.15) is 31.9 Å². The molecule has 0 bridgehead atoms. The summed E-state index contributed by atoms with van der Waals surface area (Å²) >= 11 is 0. The summed E-state index contributed by atoms with van der Waals surface area (Å²) in [5.41, 5.74) is 0.106. The molecule has 0 aromatic heterocycles. The van der Waals surface area contributed by atoms with Crippen LogP contribution in [0, 0.1) is 17.6 Å². The summed E-state index contributed by atoms with van der Waals surface area (Å²) in [5.74, 6) is -1.72. The zero-order valence-corrected chi connectivity index (χ0v) is 12.1. The fraction of sp³-hybridized carbons (Fsp3) is 0.533. The number of rotatable bonds is 2. The van der Waals surface area contributed by atoms with Crippen molar-refractivity contribution in [2.24, 2.45) is 5.92 Å². The average molecular weight is 298 g/mol. The minimum atomic E-state index is -0.947. The molecule has 6 heteroatoms. The zero-order chi connectivity index (χ0) is 15.6. The molecule has 0 aliphatic carbocycles. The summed E-state index contributed by atoms with van der Waals surface area (Å²) in [4.78, 5) is 13.6. The molecule has 4 nitrogen and oxygen atoms in total. The number of likely N-dealkylation sites (tertiary alicyclic amines) is 1. The van der Waals surface area contributed by atoms with Gasteiger partial charge < -0.3 is 15.3 Å². The predicted octanol–water partition coefficient (Wildman–Crippen LogP) is 2.44. The number of nitrogens with zero attached hydrogens (tertiary/aromatic N) is 1. The Morgan fingerprint density at radius 2 is 2.19 bits per heavy atom. The van der Waals surface area contributed by atoms with Gasteiger partial charge in [0.05, 0.1) is 12.1 Å². The number of carbonyl (C=O) groups is 1. The third kappa shape index (κ3) is 3.50. The molecule has 0 saturated carbocycles. The summed E-state index contributed by atoms with van der Waals surface area (Å²) in [6.45, 7) is 4.33. The summed E-state index contributed by atoms with van der Waals surface area (Å²) in [6.07, 6.45) is 0.169. The van der Waals surface area contributed by atoms with Crippen molar-refractivity contribution in [3.63, 3.8) is 0 Å². The lowest BCUT2D eigenvalue weighted by atomic mass is 9.96. The second-order valence-corrected chi connectivity index (χ2v) is 5.59. The van der Waals surface area contributed by atoms with E-state index in [1.807, 2.05) is 6.92 Å².